The highest BCUT2D eigenvalue weighted by Gasteiger charge is 2.13. The number of benzene rings is 1. The number of hydrogen-bond acceptors (Lipinski definition) is 4. The summed E-state index contributed by atoms with van der Waals surface area (Å²) in [4.78, 5) is 0. The van der Waals surface area contributed by atoms with Crippen molar-refractivity contribution < 1.29 is 9.47 Å². The number of nitrogens with zero attached hydrogens (tertiary/aromatic N) is 2. The Labute approximate surface area is 119 Å². The normalized spacial score (nSPS) is 10.4. The van der Waals surface area contributed by atoms with Crippen LogP contribution in [0.1, 0.15) is 18.2 Å². The van der Waals surface area contributed by atoms with Crippen molar-refractivity contribution in [1.29, 1.82) is 0 Å². The third kappa shape index (κ3) is 3.04. The van der Waals surface area contributed by atoms with Gasteiger partial charge in [0.2, 0.25) is 5.88 Å². The molecular formula is C15H21N3O2. The van der Waals surface area contributed by atoms with E-state index in [-0.39, 0.29) is 0 Å². The second-order valence-corrected chi connectivity index (χ2v) is 4.51. The number of nitrogens with one attached hydrogen (secondary N) is 1. The van der Waals surface area contributed by atoms with Crippen LogP contribution in [0.2, 0.25) is 0 Å². The molecule has 0 bridgehead atoms. The van der Waals surface area contributed by atoms with E-state index < -0.39 is 0 Å². The molecule has 0 aliphatic heterocycles. The molecule has 2 aromatic rings. The Balaban J connectivity index is 2.05. The first-order valence-electron chi connectivity index (χ1n) is 6.69. The molecule has 1 aromatic carbocycles. The average Bonchev–Trinajstić information content (AvgIpc) is 2.72. The zero-order chi connectivity index (χ0) is 14.5. The van der Waals surface area contributed by atoms with Gasteiger partial charge in [0.1, 0.15) is 5.75 Å². The van der Waals surface area contributed by atoms with Crippen LogP contribution in [-0.2, 0) is 13.6 Å². The topological polar surface area (TPSA) is 48.3 Å². The Morgan fingerprint density at radius 2 is 1.95 bits per heavy atom. The smallest absolute Gasteiger partial charge is 0.216 e. The van der Waals surface area contributed by atoms with Gasteiger partial charge in [0, 0.05) is 19.3 Å². The first kappa shape index (κ1) is 14.2. The summed E-state index contributed by atoms with van der Waals surface area (Å²) in [6.07, 6.45) is 0. The molecule has 108 valence electrons. The van der Waals surface area contributed by atoms with Gasteiger partial charge in [-0.1, -0.05) is 0 Å². The summed E-state index contributed by atoms with van der Waals surface area (Å²) < 4.78 is 12.6. The van der Waals surface area contributed by atoms with Gasteiger partial charge in [-0.25, -0.2) is 4.68 Å². The van der Waals surface area contributed by atoms with E-state index in [1.165, 1.54) is 0 Å². The highest BCUT2D eigenvalue weighted by molar-refractivity contribution is 5.47. The predicted molar refractivity (Wildman–Crippen MR) is 79.4 cm³/mol. The summed E-state index contributed by atoms with van der Waals surface area (Å²) in [5.74, 6) is 1.68. The number of ether oxygens (including phenoxy) is 2. The molecule has 5 nitrogen and oxygen atoms in total. The lowest BCUT2D eigenvalue weighted by Crippen LogP contribution is -2.03. The van der Waals surface area contributed by atoms with Gasteiger partial charge in [-0.15, -0.1) is 0 Å². The third-order valence-corrected chi connectivity index (χ3v) is 3.12. The van der Waals surface area contributed by atoms with Gasteiger partial charge in [-0.3, -0.25) is 0 Å². The van der Waals surface area contributed by atoms with E-state index in [9.17, 15) is 0 Å². The van der Waals surface area contributed by atoms with Crippen LogP contribution < -0.4 is 14.8 Å². The van der Waals surface area contributed by atoms with Crippen LogP contribution in [0.3, 0.4) is 0 Å². The van der Waals surface area contributed by atoms with Crippen molar-refractivity contribution in [2.75, 3.05) is 19.0 Å². The molecule has 0 fully saturated rings. The fourth-order valence-electron chi connectivity index (χ4n) is 2.17. The fourth-order valence-corrected chi connectivity index (χ4v) is 2.17. The number of anilines is 1. The summed E-state index contributed by atoms with van der Waals surface area (Å²) >= 11 is 0. The predicted octanol–water partition coefficient (Wildman–Crippen LogP) is 2.75. The second-order valence-electron chi connectivity index (χ2n) is 4.51. The van der Waals surface area contributed by atoms with Gasteiger partial charge in [0.15, 0.2) is 0 Å². The fraction of sp³-hybridized carbons (Fsp3) is 0.400. The minimum Gasteiger partial charge on any atom is -0.494 e. The van der Waals surface area contributed by atoms with E-state index in [0.717, 1.165) is 28.6 Å². The summed E-state index contributed by atoms with van der Waals surface area (Å²) in [6.45, 7) is 5.32. The highest BCUT2D eigenvalue weighted by atomic mass is 16.5. The monoisotopic (exact) mass is 275 g/mol. The molecule has 0 spiro atoms. The van der Waals surface area contributed by atoms with Gasteiger partial charge in [-0.05, 0) is 38.1 Å². The van der Waals surface area contributed by atoms with Crippen molar-refractivity contribution in [2.24, 2.45) is 7.05 Å². The maximum atomic E-state index is 5.42. The van der Waals surface area contributed by atoms with E-state index in [1.807, 2.05) is 45.2 Å². The summed E-state index contributed by atoms with van der Waals surface area (Å²) in [5.41, 5.74) is 3.09. The average molecular weight is 275 g/mol. The molecule has 0 saturated carbocycles. The zero-order valence-corrected chi connectivity index (χ0v) is 12.4. The van der Waals surface area contributed by atoms with Crippen LogP contribution in [0.15, 0.2) is 24.3 Å². The highest BCUT2D eigenvalue weighted by Crippen LogP contribution is 2.23. The molecule has 5 heteroatoms. The summed E-state index contributed by atoms with van der Waals surface area (Å²) in [5, 5.41) is 7.73. The Morgan fingerprint density at radius 1 is 1.25 bits per heavy atom. The SMILES string of the molecule is CCOc1ccc(NCc2c(C)nn(C)c2OC)cc1. The number of rotatable bonds is 6. The number of hydrogen-bond donors (Lipinski definition) is 1. The van der Waals surface area contributed by atoms with Crippen molar-refractivity contribution in [3.05, 3.63) is 35.5 Å². The van der Waals surface area contributed by atoms with Gasteiger partial charge < -0.3 is 14.8 Å². The van der Waals surface area contributed by atoms with Gasteiger partial charge >= 0.3 is 0 Å². The molecule has 1 heterocycles. The van der Waals surface area contributed by atoms with Crippen molar-refractivity contribution in [3.63, 3.8) is 0 Å². The van der Waals surface area contributed by atoms with E-state index in [0.29, 0.717) is 13.2 Å². The molecule has 1 aromatic heterocycles. The van der Waals surface area contributed by atoms with Crippen LogP contribution in [0.4, 0.5) is 5.69 Å². The first-order valence-corrected chi connectivity index (χ1v) is 6.69. The molecule has 20 heavy (non-hydrogen) atoms. The van der Waals surface area contributed by atoms with Gasteiger partial charge in [-0.2, -0.15) is 5.10 Å². The van der Waals surface area contributed by atoms with Gasteiger partial charge in [0.05, 0.1) is 25.0 Å². The number of methoxy groups -OCH3 is 1. The molecule has 0 aliphatic rings. The largest absolute Gasteiger partial charge is 0.494 e. The van der Waals surface area contributed by atoms with Crippen molar-refractivity contribution in [3.8, 4) is 11.6 Å². The standard InChI is InChI=1S/C15H21N3O2/c1-5-20-13-8-6-12(7-9-13)16-10-14-11(2)17-18(3)15(14)19-4/h6-9,16H,5,10H2,1-4H3. The van der Waals surface area contributed by atoms with E-state index >= 15 is 0 Å². The van der Waals surface area contributed by atoms with E-state index in [2.05, 4.69) is 10.4 Å². The Bertz CT molecular complexity index is 561. The van der Waals surface area contributed by atoms with Crippen molar-refractivity contribution in [1.82, 2.24) is 9.78 Å². The minimum absolute atomic E-state index is 0.677. The van der Waals surface area contributed by atoms with E-state index in [1.54, 1.807) is 11.8 Å². The molecule has 0 radical (unpaired) electrons. The zero-order valence-electron chi connectivity index (χ0n) is 12.4. The lowest BCUT2D eigenvalue weighted by atomic mass is 10.2. The quantitative estimate of drug-likeness (QED) is 0.880. The maximum Gasteiger partial charge on any atom is 0.216 e. The van der Waals surface area contributed by atoms with E-state index in [4.69, 9.17) is 9.47 Å². The van der Waals surface area contributed by atoms with Crippen LogP contribution in [0.5, 0.6) is 11.6 Å². The lowest BCUT2D eigenvalue weighted by Gasteiger charge is -2.09. The summed E-state index contributed by atoms with van der Waals surface area (Å²) in [6, 6.07) is 7.92. The first-order chi connectivity index (χ1) is 9.65. The van der Waals surface area contributed by atoms with Gasteiger partial charge in [0.25, 0.3) is 0 Å². The third-order valence-electron chi connectivity index (χ3n) is 3.12. The molecule has 0 aliphatic carbocycles. The molecule has 0 unspecified atom stereocenters. The molecular weight excluding hydrogens is 254 g/mol. The Hall–Kier alpha value is -2.17. The molecule has 0 amide bonds. The van der Waals surface area contributed by atoms with Crippen molar-refractivity contribution in [2.45, 2.75) is 20.4 Å². The van der Waals surface area contributed by atoms with Crippen LogP contribution >= 0.6 is 0 Å². The molecule has 0 atom stereocenters. The Morgan fingerprint density at radius 3 is 2.55 bits per heavy atom. The minimum atomic E-state index is 0.677. The van der Waals surface area contributed by atoms with Crippen LogP contribution in [0, 0.1) is 6.92 Å². The van der Waals surface area contributed by atoms with Crippen molar-refractivity contribution >= 4 is 5.69 Å². The molecule has 1 N–H and O–H groups in total. The Kier molecular flexibility index (Phi) is 4.50. The number of aryl methyl sites for hydroxylation is 2. The van der Waals surface area contributed by atoms with Crippen LogP contribution in [-0.4, -0.2) is 23.5 Å². The maximum absolute atomic E-state index is 5.42. The summed E-state index contributed by atoms with van der Waals surface area (Å²) in [7, 11) is 3.54. The number of aromatic nitrogens is 2. The lowest BCUT2D eigenvalue weighted by molar-refractivity contribution is 0.340. The molecule has 2 rings (SSSR count). The second kappa shape index (κ2) is 6.32. The molecule has 0 saturated heterocycles. The van der Waals surface area contributed by atoms with Crippen LogP contribution in [0.25, 0.3) is 0 Å².